The van der Waals surface area contributed by atoms with Crippen LogP contribution in [-0.4, -0.2) is 29.6 Å². The molecule has 0 spiro atoms. The first-order valence-electron chi connectivity index (χ1n) is 11.7. The molecule has 8 nitrogen and oxygen atoms in total. The van der Waals surface area contributed by atoms with Crippen LogP contribution < -0.4 is 19.7 Å². The molecule has 3 aromatic carbocycles. The molecule has 2 N–H and O–H groups in total. The molecule has 0 saturated carbocycles. The third kappa shape index (κ3) is 5.70. The first-order chi connectivity index (χ1) is 17.9. The maximum Gasteiger partial charge on any atom is 0.335 e. The van der Waals surface area contributed by atoms with Gasteiger partial charge >= 0.3 is 6.03 Å². The summed E-state index contributed by atoms with van der Waals surface area (Å²) in [5, 5.41) is 12.6. The molecule has 1 fully saturated rings. The fourth-order valence-corrected chi connectivity index (χ4v) is 3.84. The molecule has 4 rings (SSSR count). The van der Waals surface area contributed by atoms with E-state index >= 15 is 0 Å². The van der Waals surface area contributed by atoms with Gasteiger partial charge in [-0.1, -0.05) is 36.4 Å². The monoisotopic (exact) mass is 498 g/mol. The van der Waals surface area contributed by atoms with E-state index in [2.05, 4.69) is 11.9 Å². The predicted octanol–water partition coefficient (Wildman–Crippen LogP) is 4.76. The second kappa shape index (κ2) is 11.3. The Hall–Kier alpha value is -4.85. The van der Waals surface area contributed by atoms with Crippen molar-refractivity contribution in [3.63, 3.8) is 0 Å². The van der Waals surface area contributed by atoms with Crippen LogP contribution in [0.4, 0.5) is 10.5 Å². The number of amides is 4. The zero-order chi connectivity index (χ0) is 26.4. The van der Waals surface area contributed by atoms with Crippen molar-refractivity contribution >= 4 is 29.6 Å². The van der Waals surface area contributed by atoms with Crippen LogP contribution in [0, 0.1) is 0 Å². The third-order valence-electron chi connectivity index (χ3n) is 5.60. The minimum Gasteiger partial charge on any atom is -0.504 e. The molecule has 0 aliphatic carbocycles. The van der Waals surface area contributed by atoms with Gasteiger partial charge in [0.2, 0.25) is 0 Å². The van der Waals surface area contributed by atoms with Crippen molar-refractivity contribution in [2.24, 2.45) is 0 Å². The summed E-state index contributed by atoms with van der Waals surface area (Å²) >= 11 is 0. The highest BCUT2D eigenvalue weighted by atomic mass is 16.5. The second-order valence-corrected chi connectivity index (χ2v) is 8.18. The lowest BCUT2D eigenvalue weighted by molar-refractivity contribution is -0.122. The van der Waals surface area contributed by atoms with Crippen molar-refractivity contribution in [1.29, 1.82) is 0 Å². The zero-order valence-corrected chi connectivity index (χ0v) is 20.3. The smallest absolute Gasteiger partial charge is 0.335 e. The molecule has 0 aromatic heterocycles. The standard InChI is InChI=1S/C29H26N2O6/c1-3-8-21-15-20(17-25(26(21)32)36-4-2)16-24-27(33)30-29(35)31(28(24)34)22-11-13-23(14-12-22)37-18-19-9-6-5-7-10-19/h3,5-7,9-17,32H,1,4,8,18H2,2H3,(H,30,33,35)/b24-16+. The number of rotatable bonds is 9. The maximum absolute atomic E-state index is 13.3. The number of carbonyl (C=O) groups is 3. The lowest BCUT2D eigenvalue weighted by atomic mass is 10.0. The van der Waals surface area contributed by atoms with Gasteiger partial charge < -0.3 is 14.6 Å². The number of carbonyl (C=O) groups excluding carboxylic acids is 3. The number of nitrogens with one attached hydrogen (secondary N) is 1. The van der Waals surface area contributed by atoms with Gasteiger partial charge in [0, 0.05) is 5.56 Å². The van der Waals surface area contributed by atoms with Crippen LogP contribution in [0.5, 0.6) is 17.2 Å². The number of hydrogen-bond donors (Lipinski definition) is 2. The normalized spacial score (nSPS) is 14.5. The summed E-state index contributed by atoms with van der Waals surface area (Å²) in [6.07, 6.45) is 3.34. The van der Waals surface area contributed by atoms with Gasteiger partial charge in [0.15, 0.2) is 11.5 Å². The molecule has 0 atom stereocenters. The largest absolute Gasteiger partial charge is 0.504 e. The lowest BCUT2D eigenvalue weighted by Gasteiger charge is -2.26. The molecule has 8 heteroatoms. The van der Waals surface area contributed by atoms with Gasteiger partial charge in [-0.2, -0.15) is 0 Å². The Bertz CT molecular complexity index is 1360. The Kier molecular flexibility index (Phi) is 7.68. The van der Waals surface area contributed by atoms with Crippen molar-refractivity contribution in [2.75, 3.05) is 11.5 Å². The van der Waals surface area contributed by atoms with Gasteiger partial charge in [-0.3, -0.25) is 14.9 Å². The zero-order valence-electron chi connectivity index (χ0n) is 20.3. The number of hydrogen-bond acceptors (Lipinski definition) is 6. The Balaban J connectivity index is 1.59. The van der Waals surface area contributed by atoms with Gasteiger partial charge in [-0.25, -0.2) is 9.69 Å². The fourth-order valence-electron chi connectivity index (χ4n) is 3.84. The summed E-state index contributed by atoms with van der Waals surface area (Å²) in [6.45, 7) is 6.15. The number of phenols is 1. The summed E-state index contributed by atoms with van der Waals surface area (Å²) in [5.74, 6) is -0.842. The van der Waals surface area contributed by atoms with Crippen LogP contribution >= 0.6 is 0 Å². The van der Waals surface area contributed by atoms with E-state index in [4.69, 9.17) is 9.47 Å². The predicted molar refractivity (Wildman–Crippen MR) is 139 cm³/mol. The van der Waals surface area contributed by atoms with E-state index in [0.29, 0.717) is 36.5 Å². The molecule has 188 valence electrons. The molecule has 4 amide bonds. The molecule has 1 aliphatic rings. The number of barbiturate groups is 1. The number of nitrogens with zero attached hydrogens (tertiary/aromatic N) is 1. The molecule has 0 unspecified atom stereocenters. The van der Waals surface area contributed by atoms with Gasteiger partial charge in [-0.15, -0.1) is 6.58 Å². The van der Waals surface area contributed by atoms with Gasteiger partial charge in [-0.05, 0) is 66.9 Å². The number of urea groups is 1. The number of ether oxygens (including phenoxy) is 2. The van der Waals surface area contributed by atoms with Gasteiger partial charge in [0.05, 0.1) is 12.3 Å². The molecule has 0 radical (unpaired) electrons. The van der Waals surface area contributed by atoms with Gasteiger partial charge in [0.25, 0.3) is 11.8 Å². The van der Waals surface area contributed by atoms with Crippen molar-refractivity contribution in [2.45, 2.75) is 20.0 Å². The summed E-state index contributed by atoms with van der Waals surface area (Å²) in [5.41, 5.74) is 2.03. The Morgan fingerprint density at radius 1 is 1.00 bits per heavy atom. The van der Waals surface area contributed by atoms with Gasteiger partial charge in [0.1, 0.15) is 17.9 Å². The summed E-state index contributed by atoms with van der Waals surface area (Å²) in [7, 11) is 0. The van der Waals surface area contributed by atoms with Crippen LogP contribution in [0.1, 0.15) is 23.6 Å². The Morgan fingerprint density at radius 2 is 1.73 bits per heavy atom. The highest BCUT2D eigenvalue weighted by Crippen LogP contribution is 2.34. The van der Waals surface area contributed by atoms with E-state index in [1.54, 1.807) is 43.3 Å². The van der Waals surface area contributed by atoms with E-state index in [0.717, 1.165) is 10.5 Å². The topological polar surface area (TPSA) is 105 Å². The van der Waals surface area contributed by atoms with Crippen molar-refractivity contribution in [3.05, 3.63) is 102 Å². The highest BCUT2D eigenvalue weighted by Gasteiger charge is 2.36. The SMILES string of the molecule is C=CCc1cc(/C=C2\C(=O)NC(=O)N(c3ccc(OCc4ccccc4)cc3)C2=O)cc(OCC)c1O. The average Bonchev–Trinajstić information content (AvgIpc) is 2.89. The van der Waals surface area contributed by atoms with E-state index in [1.807, 2.05) is 30.3 Å². The maximum atomic E-state index is 13.3. The number of anilines is 1. The van der Waals surface area contributed by atoms with Crippen LogP contribution in [0.15, 0.2) is 85.0 Å². The van der Waals surface area contributed by atoms with Crippen molar-refractivity contribution in [1.82, 2.24) is 5.32 Å². The number of imide groups is 2. The van der Waals surface area contributed by atoms with Crippen molar-refractivity contribution in [3.8, 4) is 17.2 Å². The summed E-state index contributed by atoms with van der Waals surface area (Å²) < 4.78 is 11.3. The average molecular weight is 499 g/mol. The lowest BCUT2D eigenvalue weighted by Crippen LogP contribution is -2.54. The minimum absolute atomic E-state index is 0.0327. The number of aromatic hydroxyl groups is 1. The fraction of sp³-hybridized carbons (Fsp3) is 0.138. The third-order valence-corrected chi connectivity index (χ3v) is 5.60. The first kappa shape index (κ1) is 25.2. The Morgan fingerprint density at radius 3 is 2.41 bits per heavy atom. The van der Waals surface area contributed by atoms with E-state index in [-0.39, 0.29) is 22.8 Å². The number of allylic oxidation sites excluding steroid dienone is 1. The molecule has 1 heterocycles. The van der Waals surface area contributed by atoms with Crippen LogP contribution in [0.3, 0.4) is 0 Å². The molecule has 0 bridgehead atoms. The molecule has 1 aliphatic heterocycles. The molecule has 37 heavy (non-hydrogen) atoms. The van der Waals surface area contributed by atoms with Crippen LogP contribution in [0.2, 0.25) is 0 Å². The number of phenolic OH excluding ortho intramolecular Hbond substituents is 1. The van der Waals surface area contributed by atoms with Crippen LogP contribution in [-0.2, 0) is 22.6 Å². The quantitative estimate of drug-likeness (QED) is 0.250. The molecular formula is C29H26N2O6. The molecule has 1 saturated heterocycles. The summed E-state index contributed by atoms with van der Waals surface area (Å²) in [6, 6.07) is 18.4. The van der Waals surface area contributed by atoms with E-state index in [1.165, 1.54) is 12.1 Å². The first-order valence-corrected chi connectivity index (χ1v) is 11.7. The van der Waals surface area contributed by atoms with Crippen molar-refractivity contribution < 1.29 is 29.0 Å². The molecule has 3 aromatic rings. The van der Waals surface area contributed by atoms with E-state index in [9.17, 15) is 19.5 Å². The second-order valence-electron chi connectivity index (χ2n) is 8.18. The van der Waals surface area contributed by atoms with E-state index < -0.39 is 17.8 Å². The highest BCUT2D eigenvalue weighted by molar-refractivity contribution is 6.39. The minimum atomic E-state index is -0.849. The summed E-state index contributed by atoms with van der Waals surface area (Å²) in [4.78, 5) is 39.4. The van der Waals surface area contributed by atoms with Crippen LogP contribution in [0.25, 0.3) is 6.08 Å². The Labute approximate surface area is 214 Å². The number of benzene rings is 3. The molecular weight excluding hydrogens is 472 g/mol.